The molecule has 1 aliphatic rings. The molecule has 0 unspecified atom stereocenters. The first kappa shape index (κ1) is 20.5. The maximum absolute atomic E-state index is 13.4. The molecule has 7 heteroatoms. The predicted octanol–water partition coefficient (Wildman–Crippen LogP) is 2.30. The van der Waals surface area contributed by atoms with Gasteiger partial charge in [-0.3, -0.25) is 14.5 Å². The van der Waals surface area contributed by atoms with Crippen LogP contribution in [0.4, 0.5) is 0 Å². The van der Waals surface area contributed by atoms with Gasteiger partial charge in [0.25, 0.3) is 11.6 Å². The lowest BCUT2D eigenvalue weighted by Crippen LogP contribution is -2.42. The minimum Gasteiger partial charge on any atom is -0.858 e. The topological polar surface area (TPSA) is 82.1 Å². The molecule has 0 saturated heterocycles. The molecule has 1 aliphatic heterocycles. The summed E-state index contributed by atoms with van der Waals surface area (Å²) in [6, 6.07) is 10.6. The highest BCUT2D eigenvalue weighted by molar-refractivity contribution is 6.45. The number of carbonyl (C=O) groups is 2. The molecule has 0 radical (unpaired) electrons. The van der Waals surface area contributed by atoms with Gasteiger partial charge in [0.1, 0.15) is 5.57 Å². The number of aromatic nitrogens is 3. The van der Waals surface area contributed by atoms with Crippen LogP contribution in [-0.2, 0) is 9.59 Å². The molecule has 0 spiro atoms. The average Bonchev–Trinajstić information content (AvgIpc) is 3.13. The van der Waals surface area contributed by atoms with Gasteiger partial charge in [-0.25, -0.2) is 4.68 Å². The SMILES string of the molecule is Cc1cc(C)c[n+](C2=C(c3c(C)nn(-c4ccccc4)c3[O-])C(=O)N(C(C)C)C2=O)c1. The van der Waals surface area contributed by atoms with Gasteiger partial charge in [0.2, 0.25) is 0 Å². The molecular formula is C24H24N4O3. The number of imide groups is 1. The van der Waals surface area contributed by atoms with Gasteiger partial charge >= 0.3 is 5.91 Å². The summed E-state index contributed by atoms with van der Waals surface area (Å²) < 4.78 is 2.93. The van der Waals surface area contributed by atoms with Crippen LogP contribution in [-0.4, -0.2) is 32.5 Å². The molecule has 3 aromatic rings. The number of rotatable bonds is 4. The van der Waals surface area contributed by atoms with Gasteiger partial charge in [-0.05, 0) is 58.7 Å². The zero-order chi connectivity index (χ0) is 22.4. The zero-order valence-corrected chi connectivity index (χ0v) is 18.2. The summed E-state index contributed by atoms with van der Waals surface area (Å²) in [7, 11) is 0. The highest BCUT2D eigenvalue weighted by atomic mass is 16.3. The molecule has 0 fully saturated rings. The second-order valence-electron chi connectivity index (χ2n) is 8.11. The van der Waals surface area contributed by atoms with Crippen molar-refractivity contribution < 1.29 is 19.3 Å². The van der Waals surface area contributed by atoms with E-state index in [1.807, 2.05) is 38.1 Å². The maximum atomic E-state index is 13.4. The third-order valence-electron chi connectivity index (χ3n) is 5.28. The Kier molecular flexibility index (Phi) is 4.97. The summed E-state index contributed by atoms with van der Waals surface area (Å²) in [6.45, 7) is 9.08. The summed E-state index contributed by atoms with van der Waals surface area (Å²) in [5, 5.41) is 17.8. The number of benzene rings is 1. The Morgan fingerprint density at radius 3 is 2.16 bits per heavy atom. The maximum Gasteiger partial charge on any atom is 0.327 e. The molecule has 4 rings (SSSR count). The van der Waals surface area contributed by atoms with E-state index in [-0.39, 0.29) is 22.9 Å². The smallest absolute Gasteiger partial charge is 0.327 e. The molecule has 2 amide bonds. The highest BCUT2D eigenvalue weighted by Gasteiger charge is 2.47. The number of para-hydroxylation sites is 1. The number of amides is 2. The van der Waals surface area contributed by atoms with E-state index < -0.39 is 17.7 Å². The van der Waals surface area contributed by atoms with Gasteiger partial charge in [0.15, 0.2) is 12.4 Å². The lowest BCUT2D eigenvalue weighted by Gasteiger charge is -2.18. The van der Waals surface area contributed by atoms with E-state index in [1.54, 1.807) is 49.9 Å². The Balaban J connectivity index is 2.01. The van der Waals surface area contributed by atoms with Crippen molar-refractivity contribution in [3.63, 3.8) is 0 Å². The van der Waals surface area contributed by atoms with E-state index in [9.17, 15) is 14.7 Å². The van der Waals surface area contributed by atoms with Crippen molar-refractivity contribution in [3.8, 4) is 11.6 Å². The van der Waals surface area contributed by atoms with Crippen molar-refractivity contribution in [2.75, 3.05) is 0 Å². The molecule has 3 heterocycles. The van der Waals surface area contributed by atoms with Crippen molar-refractivity contribution in [2.24, 2.45) is 0 Å². The second kappa shape index (κ2) is 7.50. The summed E-state index contributed by atoms with van der Waals surface area (Å²) in [6.07, 6.45) is 3.58. The van der Waals surface area contributed by atoms with Gasteiger partial charge < -0.3 is 5.11 Å². The predicted molar refractivity (Wildman–Crippen MR) is 114 cm³/mol. The van der Waals surface area contributed by atoms with Crippen LogP contribution in [0.5, 0.6) is 5.88 Å². The van der Waals surface area contributed by atoms with Crippen molar-refractivity contribution in [2.45, 2.75) is 40.7 Å². The van der Waals surface area contributed by atoms with Gasteiger partial charge in [0, 0.05) is 22.7 Å². The quantitative estimate of drug-likeness (QED) is 0.483. The first-order valence-electron chi connectivity index (χ1n) is 10.1. The summed E-state index contributed by atoms with van der Waals surface area (Å²) in [4.78, 5) is 28.0. The number of hydrogen-bond acceptors (Lipinski definition) is 4. The number of hydrogen-bond donors (Lipinski definition) is 0. The summed E-state index contributed by atoms with van der Waals surface area (Å²) in [5.74, 6) is -1.32. The van der Waals surface area contributed by atoms with E-state index >= 15 is 0 Å². The molecule has 0 atom stereocenters. The molecule has 31 heavy (non-hydrogen) atoms. The monoisotopic (exact) mass is 416 g/mol. The fourth-order valence-corrected chi connectivity index (χ4v) is 4.05. The van der Waals surface area contributed by atoms with Gasteiger partial charge in [0.05, 0.1) is 11.4 Å². The van der Waals surface area contributed by atoms with Crippen molar-refractivity contribution >= 4 is 23.1 Å². The molecular weight excluding hydrogens is 392 g/mol. The third kappa shape index (κ3) is 3.32. The number of pyridine rings is 1. The average molecular weight is 416 g/mol. The van der Waals surface area contributed by atoms with Crippen molar-refractivity contribution in [3.05, 3.63) is 71.2 Å². The van der Waals surface area contributed by atoms with Gasteiger partial charge in [-0.1, -0.05) is 18.2 Å². The Hall–Kier alpha value is -3.74. The molecule has 2 aromatic heterocycles. The molecule has 0 saturated carbocycles. The van der Waals surface area contributed by atoms with Crippen LogP contribution in [0, 0.1) is 20.8 Å². The third-order valence-corrected chi connectivity index (χ3v) is 5.28. The summed E-state index contributed by atoms with van der Waals surface area (Å²) in [5.41, 5.74) is 3.31. The summed E-state index contributed by atoms with van der Waals surface area (Å²) >= 11 is 0. The standard InChI is InChI=1S/C24H24N4O3/c1-14(2)27-22(29)20(21(24(27)31)26-12-15(3)11-16(4)13-26)19-17(5)25-28(23(19)30)18-9-7-6-8-10-18/h6-14H,1-5H3. The minimum absolute atomic E-state index is 0.0957. The first-order valence-corrected chi connectivity index (χ1v) is 10.1. The fraction of sp³-hybridized carbons (Fsp3) is 0.250. The molecule has 0 aliphatic carbocycles. The van der Waals surface area contributed by atoms with Crippen LogP contribution >= 0.6 is 0 Å². The fourth-order valence-electron chi connectivity index (χ4n) is 4.05. The Morgan fingerprint density at radius 1 is 0.968 bits per heavy atom. The lowest BCUT2D eigenvalue weighted by atomic mass is 10.0. The Bertz CT molecular complexity index is 1220. The van der Waals surface area contributed by atoms with E-state index in [1.165, 1.54) is 9.58 Å². The lowest BCUT2D eigenvalue weighted by molar-refractivity contribution is -0.577. The molecule has 158 valence electrons. The normalized spacial score (nSPS) is 14.3. The van der Waals surface area contributed by atoms with E-state index in [0.29, 0.717) is 11.4 Å². The van der Waals surface area contributed by atoms with Crippen molar-refractivity contribution in [1.29, 1.82) is 0 Å². The van der Waals surface area contributed by atoms with Crippen LogP contribution in [0.25, 0.3) is 17.0 Å². The van der Waals surface area contributed by atoms with E-state index in [4.69, 9.17) is 0 Å². The number of carbonyl (C=O) groups excluding carboxylic acids is 2. The van der Waals surface area contributed by atoms with Crippen molar-refractivity contribution in [1.82, 2.24) is 14.7 Å². The van der Waals surface area contributed by atoms with Crippen LogP contribution in [0.1, 0.15) is 36.2 Å². The Labute approximate surface area is 180 Å². The van der Waals surface area contributed by atoms with E-state index in [2.05, 4.69) is 5.10 Å². The number of nitrogens with zero attached hydrogens (tertiary/aromatic N) is 4. The molecule has 0 N–H and O–H groups in total. The largest absolute Gasteiger partial charge is 0.858 e. The zero-order valence-electron chi connectivity index (χ0n) is 18.2. The first-order chi connectivity index (χ1) is 14.7. The molecule has 1 aromatic carbocycles. The molecule has 7 nitrogen and oxygen atoms in total. The highest BCUT2D eigenvalue weighted by Crippen LogP contribution is 2.37. The Morgan fingerprint density at radius 2 is 1.58 bits per heavy atom. The molecule has 0 bridgehead atoms. The van der Waals surface area contributed by atoms with Gasteiger partial charge in [-0.15, -0.1) is 0 Å². The van der Waals surface area contributed by atoms with Crippen LogP contribution in [0.15, 0.2) is 48.8 Å². The van der Waals surface area contributed by atoms with E-state index in [0.717, 1.165) is 11.1 Å². The minimum atomic E-state index is -0.477. The van der Waals surface area contributed by atoms with Crippen LogP contribution in [0.3, 0.4) is 0 Å². The van der Waals surface area contributed by atoms with Crippen LogP contribution in [0.2, 0.25) is 0 Å². The number of aryl methyl sites for hydroxylation is 3. The second-order valence-corrected chi connectivity index (χ2v) is 8.11. The van der Waals surface area contributed by atoms with Gasteiger partial charge in [-0.2, -0.15) is 9.67 Å². The van der Waals surface area contributed by atoms with Crippen LogP contribution < -0.4 is 9.67 Å².